The van der Waals surface area contributed by atoms with Gasteiger partial charge in [-0.1, -0.05) is 18.1 Å². The van der Waals surface area contributed by atoms with E-state index in [9.17, 15) is 0 Å². The zero-order valence-corrected chi connectivity index (χ0v) is 11.0. The fourth-order valence-corrected chi connectivity index (χ4v) is 2.38. The fourth-order valence-electron chi connectivity index (χ4n) is 1.68. The number of rotatable bonds is 6. The maximum absolute atomic E-state index is 5.25. The molecule has 2 aromatic heterocycles. The lowest BCUT2D eigenvalue weighted by Crippen LogP contribution is -2.26. The van der Waals surface area contributed by atoms with Crippen molar-refractivity contribution >= 4 is 11.3 Å². The van der Waals surface area contributed by atoms with E-state index in [-0.39, 0.29) is 0 Å². The first-order valence-electron chi connectivity index (χ1n) is 5.83. The molecular weight excluding hydrogens is 234 g/mol. The van der Waals surface area contributed by atoms with Gasteiger partial charge in [-0.25, -0.2) is 0 Å². The molecule has 0 bridgehead atoms. The van der Waals surface area contributed by atoms with Crippen molar-refractivity contribution in [1.29, 1.82) is 0 Å². The van der Waals surface area contributed by atoms with E-state index in [1.54, 1.807) is 11.3 Å². The summed E-state index contributed by atoms with van der Waals surface area (Å²) in [5.74, 6) is 1.49. The lowest BCUT2D eigenvalue weighted by Gasteiger charge is -2.09. The van der Waals surface area contributed by atoms with Gasteiger partial charge in [-0.05, 0) is 24.9 Å². The SMILES string of the molecule is CCC(Cc1nc(Cc2cccs2)no1)NC. The highest BCUT2D eigenvalue weighted by atomic mass is 32.1. The molecule has 1 atom stereocenters. The van der Waals surface area contributed by atoms with E-state index in [1.165, 1.54) is 4.88 Å². The second-order valence-electron chi connectivity index (χ2n) is 3.96. The molecule has 0 aliphatic rings. The van der Waals surface area contributed by atoms with Crippen molar-refractivity contribution in [3.8, 4) is 0 Å². The lowest BCUT2D eigenvalue weighted by atomic mass is 10.1. The molecule has 2 rings (SSSR count). The van der Waals surface area contributed by atoms with Crippen molar-refractivity contribution in [2.24, 2.45) is 0 Å². The van der Waals surface area contributed by atoms with E-state index in [2.05, 4.69) is 33.8 Å². The molecule has 0 saturated carbocycles. The monoisotopic (exact) mass is 251 g/mol. The predicted molar refractivity (Wildman–Crippen MR) is 68.3 cm³/mol. The van der Waals surface area contributed by atoms with Crippen molar-refractivity contribution in [3.63, 3.8) is 0 Å². The highest BCUT2D eigenvalue weighted by molar-refractivity contribution is 7.09. The minimum atomic E-state index is 0.407. The molecule has 0 saturated heterocycles. The first kappa shape index (κ1) is 12.3. The summed E-state index contributed by atoms with van der Waals surface area (Å²) in [6, 6.07) is 4.53. The summed E-state index contributed by atoms with van der Waals surface area (Å²) in [7, 11) is 1.96. The van der Waals surface area contributed by atoms with Gasteiger partial charge in [0.15, 0.2) is 5.82 Å². The van der Waals surface area contributed by atoms with Crippen LogP contribution >= 0.6 is 11.3 Å². The molecule has 0 spiro atoms. The molecule has 1 N–H and O–H groups in total. The first-order valence-corrected chi connectivity index (χ1v) is 6.71. The molecule has 0 amide bonds. The number of nitrogens with zero attached hydrogens (tertiary/aromatic N) is 2. The summed E-state index contributed by atoms with van der Waals surface area (Å²) in [5.41, 5.74) is 0. The average Bonchev–Trinajstić information content (AvgIpc) is 2.98. The number of aromatic nitrogens is 2. The summed E-state index contributed by atoms with van der Waals surface area (Å²) >= 11 is 1.72. The summed E-state index contributed by atoms with van der Waals surface area (Å²) in [5, 5.41) is 9.29. The quantitative estimate of drug-likeness (QED) is 0.855. The van der Waals surface area contributed by atoms with Crippen molar-refractivity contribution in [2.45, 2.75) is 32.2 Å². The molecule has 17 heavy (non-hydrogen) atoms. The summed E-state index contributed by atoms with van der Waals surface area (Å²) in [6.07, 6.45) is 2.61. The van der Waals surface area contributed by atoms with Crippen LogP contribution in [0.4, 0.5) is 0 Å². The molecule has 5 heteroatoms. The van der Waals surface area contributed by atoms with Crippen LogP contribution in [0.15, 0.2) is 22.0 Å². The highest BCUT2D eigenvalue weighted by Gasteiger charge is 2.12. The normalized spacial score (nSPS) is 12.8. The van der Waals surface area contributed by atoms with Gasteiger partial charge >= 0.3 is 0 Å². The van der Waals surface area contributed by atoms with Crippen LogP contribution in [0.1, 0.15) is 29.9 Å². The van der Waals surface area contributed by atoms with Crippen molar-refractivity contribution < 1.29 is 4.52 Å². The van der Waals surface area contributed by atoms with E-state index in [4.69, 9.17) is 4.52 Å². The third kappa shape index (κ3) is 3.38. The Bertz CT molecular complexity index is 434. The van der Waals surface area contributed by atoms with Gasteiger partial charge < -0.3 is 9.84 Å². The Hall–Kier alpha value is -1.20. The van der Waals surface area contributed by atoms with Gasteiger partial charge in [0.2, 0.25) is 5.89 Å². The minimum Gasteiger partial charge on any atom is -0.339 e. The van der Waals surface area contributed by atoms with Crippen molar-refractivity contribution in [3.05, 3.63) is 34.1 Å². The lowest BCUT2D eigenvalue weighted by molar-refractivity contribution is 0.355. The largest absolute Gasteiger partial charge is 0.339 e. The number of likely N-dealkylation sites (N-methyl/N-ethyl adjacent to an activating group) is 1. The number of nitrogens with one attached hydrogen (secondary N) is 1. The van der Waals surface area contributed by atoms with Gasteiger partial charge in [0.25, 0.3) is 0 Å². The third-order valence-corrected chi connectivity index (χ3v) is 3.62. The van der Waals surface area contributed by atoms with E-state index >= 15 is 0 Å². The molecule has 0 aromatic carbocycles. The zero-order chi connectivity index (χ0) is 12.1. The van der Waals surface area contributed by atoms with Gasteiger partial charge in [0.1, 0.15) is 0 Å². The molecular formula is C12H17N3OS. The van der Waals surface area contributed by atoms with Crippen LogP contribution in [0.25, 0.3) is 0 Å². The van der Waals surface area contributed by atoms with Crippen LogP contribution in [-0.2, 0) is 12.8 Å². The van der Waals surface area contributed by atoms with Gasteiger partial charge in [-0.2, -0.15) is 4.98 Å². The molecule has 0 aliphatic heterocycles. The van der Waals surface area contributed by atoms with E-state index in [0.717, 1.165) is 31.0 Å². The van der Waals surface area contributed by atoms with Gasteiger partial charge in [-0.15, -0.1) is 11.3 Å². The van der Waals surface area contributed by atoms with E-state index in [0.29, 0.717) is 6.04 Å². The number of thiophene rings is 1. The third-order valence-electron chi connectivity index (χ3n) is 2.74. The van der Waals surface area contributed by atoms with Crippen molar-refractivity contribution in [1.82, 2.24) is 15.5 Å². The second kappa shape index (κ2) is 5.93. The minimum absolute atomic E-state index is 0.407. The second-order valence-corrected chi connectivity index (χ2v) is 4.99. The zero-order valence-electron chi connectivity index (χ0n) is 10.1. The Morgan fingerprint density at radius 1 is 1.53 bits per heavy atom. The molecule has 0 radical (unpaired) electrons. The highest BCUT2D eigenvalue weighted by Crippen LogP contribution is 2.13. The fraction of sp³-hybridized carbons (Fsp3) is 0.500. The molecule has 1 unspecified atom stereocenters. The van der Waals surface area contributed by atoms with E-state index in [1.807, 2.05) is 13.1 Å². The molecule has 0 aliphatic carbocycles. The summed E-state index contributed by atoms with van der Waals surface area (Å²) in [4.78, 5) is 5.67. The Kier molecular flexibility index (Phi) is 4.28. The van der Waals surface area contributed by atoms with Crippen LogP contribution in [0.5, 0.6) is 0 Å². The summed E-state index contributed by atoms with van der Waals surface area (Å²) < 4.78 is 5.25. The topological polar surface area (TPSA) is 51.0 Å². The molecule has 2 aromatic rings. The van der Waals surface area contributed by atoms with E-state index < -0.39 is 0 Å². The summed E-state index contributed by atoms with van der Waals surface area (Å²) in [6.45, 7) is 2.14. The van der Waals surface area contributed by atoms with Crippen LogP contribution < -0.4 is 5.32 Å². The maximum Gasteiger partial charge on any atom is 0.228 e. The number of hydrogen-bond acceptors (Lipinski definition) is 5. The van der Waals surface area contributed by atoms with Gasteiger partial charge in [0, 0.05) is 23.8 Å². The predicted octanol–water partition coefficient (Wildman–Crippen LogP) is 2.26. The first-order chi connectivity index (χ1) is 8.31. The average molecular weight is 251 g/mol. The molecule has 2 heterocycles. The Labute approximate surface area is 105 Å². The molecule has 4 nitrogen and oxygen atoms in total. The smallest absolute Gasteiger partial charge is 0.228 e. The Morgan fingerprint density at radius 2 is 2.41 bits per heavy atom. The Morgan fingerprint density at radius 3 is 3.06 bits per heavy atom. The standard InChI is InChI=1S/C12H17N3OS/c1-3-9(13-2)7-12-14-11(15-16-12)8-10-5-4-6-17-10/h4-6,9,13H,3,7-8H2,1-2H3. The van der Waals surface area contributed by atoms with Gasteiger partial charge in [-0.3, -0.25) is 0 Å². The van der Waals surface area contributed by atoms with Crippen LogP contribution in [0, 0.1) is 0 Å². The maximum atomic E-state index is 5.25. The van der Waals surface area contributed by atoms with Crippen LogP contribution in [0.2, 0.25) is 0 Å². The van der Waals surface area contributed by atoms with Crippen LogP contribution in [-0.4, -0.2) is 23.2 Å². The van der Waals surface area contributed by atoms with Crippen LogP contribution in [0.3, 0.4) is 0 Å². The molecule has 92 valence electrons. The van der Waals surface area contributed by atoms with Crippen molar-refractivity contribution in [2.75, 3.05) is 7.05 Å². The number of hydrogen-bond donors (Lipinski definition) is 1. The Balaban J connectivity index is 1.96. The van der Waals surface area contributed by atoms with Gasteiger partial charge in [0.05, 0.1) is 0 Å². The molecule has 0 fully saturated rings.